The molecule has 1 aromatic heterocycles. The number of nitrogens with one attached hydrogen (secondary N) is 1. The molecule has 7 heteroatoms. The molecule has 25 heavy (non-hydrogen) atoms. The number of halogens is 1. The molecule has 2 aromatic rings. The SMILES string of the molecule is Cc1ccc(Cn2nc(C)c(/C=C/C(=O)NC(C)C(N)=O)c2Cl)cc1. The molecule has 1 heterocycles. The van der Waals surface area contributed by atoms with Crippen LogP contribution in [0.4, 0.5) is 0 Å². The number of amides is 2. The predicted molar refractivity (Wildman–Crippen MR) is 98.1 cm³/mol. The molecule has 1 aromatic carbocycles. The highest BCUT2D eigenvalue weighted by Crippen LogP contribution is 2.22. The van der Waals surface area contributed by atoms with Crippen LogP contribution in [0.5, 0.6) is 0 Å². The van der Waals surface area contributed by atoms with Gasteiger partial charge in [-0.05, 0) is 32.4 Å². The maximum atomic E-state index is 11.8. The number of primary amides is 1. The Labute approximate surface area is 151 Å². The van der Waals surface area contributed by atoms with Crippen molar-refractivity contribution in [3.63, 3.8) is 0 Å². The lowest BCUT2D eigenvalue weighted by Gasteiger charge is -2.07. The molecule has 0 aliphatic carbocycles. The number of benzene rings is 1. The summed E-state index contributed by atoms with van der Waals surface area (Å²) < 4.78 is 1.69. The Kier molecular flexibility index (Phi) is 5.98. The highest BCUT2D eigenvalue weighted by atomic mass is 35.5. The summed E-state index contributed by atoms with van der Waals surface area (Å²) in [6.07, 6.45) is 2.89. The van der Waals surface area contributed by atoms with E-state index in [-0.39, 0.29) is 0 Å². The summed E-state index contributed by atoms with van der Waals surface area (Å²) >= 11 is 6.39. The zero-order valence-corrected chi connectivity index (χ0v) is 15.2. The van der Waals surface area contributed by atoms with Gasteiger partial charge in [-0.25, -0.2) is 4.68 Å². The number of hydrogen-bond donors (Lipinski definition) is 2. The highest BCUT2D eigenvalue weighted by molar-refractivity contribution is 6.31. The first-order chi connectivity index (χ1) is 11.8. The monoisotopic (exact) mass is 360 g/mol. The van der Waals surface area contributed by atoms with E-state index in [1.807, 2.05) is 38.1 Å². The van der Waals surface area contributed by atoms with E-state index >= 15 is 0 Å². The maximum absolute atomic E-state index is 11.8. The molecule has 0 spiro atoms. The molecule has 132 valence electrons. The summed E-state index contributed by atoms with van der Waals surface area (Å²) in [6, 6.07) is 7.38. The Morgan fingerprint density at radius 2 is 1.96 bits per heavy atom. The van der Waals surface area contributed by atoms with Crippen LogP contribution >= 0.6 is 11.6 Å². The fraction of sp³-hybridized carbons (Fsp3) is 0.278. The standard InChI is InChI=1S/C18H21ClN4O2/c1-11-4-6-14(7-5-11)10-23-17(19)15(12(2)22-23)8-9-16(24)21-13(3)18(20)25/h4-9,13H,10H2,1-3H3,(H2,20,25)(H,21,24)/b9-8+. The Bertz CT molecular complexity index is 809. The third-order valence-electron chi connectivity index (χ3n) is 3.75. The van der Waals surface area contributed by atoms with E-state index in [1.54, 1.807) is 10.8 Å². The van der Waals surface area contributed by atoms with E-state index in [2.05, 4.69) is 10.4 Å². The van der Waals surface area contributed by atoms with E-state index in [4.69, 9.17) is 17.3 Å². The number of aromatic nitrogens is 2. The normalized spacial score (nSPS) is 12.3. The molecule has 3 N–H and O–H groups in total. The highest BCUT2D eigenvalue weighted by Gasteiger charge is 2.13. The van der Waals surface area contributed by atoms with Crippen LogP contribution in [-0.2, 0) is 16.1 Å². The Morgan fingerprint density at radius 3 is 2.56 bits per heavy atom. The van der Waals surface area contributed by atoms with Gasteiger partial charge in [0.05, 0.1) is 12.2 Å². The Balaban J connectivity index is 2.13. The third-order valence-corrected chi connectivity index (χ3v) is 4.15. The molecule has 2 rings (SSSR count). The van der Waals surface area contributed by atoms with Gasteiger partial charge in [-0.3, -0.25) is 9.59 Å². The molecule has 0 saturated carbocycles. The molecule has 0 fully saturated rings. The van der Waals surface area contributed by atoms with Gasteiger partial charge in [0, 0.05) is 11.6 Å². The smallest absolute Gasteiger partial charge is 0.244 e. The number of hydrogen-bond acceptors (Lipinski definition) is 3. The van der Waals surface area contributed by atoms with Crippen molar-refractivity contribution in [2.24, 2.45) is 5.73 Å². The van der Waals surface area contributed by atoms with E-state index in [0.29, 0.717) is 23.0 Å². The summed E-state index contributed by atoms with van der Waals surface area (Å²) in [7, 11) is 0. The molecule has 1 atom stereocenters. The fourth-order valence-electron chi connectivity index (χ4n) is 2.22. The van der Waals surface area contributed by atoms with Crippen LogP contribution in [0.25, 0.3) is 6.08 Å². The second-order valence-electron chi connectivity index (χ2n) is 5.90. The molecule has 0 aliphatic rings. The minimum atomic E-state index is -0.738. The van der Waals surface area contributed by atoms with Gasteiger partial charge in [-0.2, -0.15) is 5.10 Å². The summed E-state index contributed by atoms with van der Waals surface area (Å²) in [5.41, 5.74) is 8.76. The lowest BCUT2D eigenvalue weighted by Crippen LogP contribution is -2.41. The van der Waals surface area contributed by atoms with Gasteiger partial charge in [0.1, 0.15) is 11.2 Å². The van der Waals surface area contributed by atoms with E-state index < -0.39 is 17.9 Å². The van der Waals surface area contributed by atoms with Crippen LogP contribution in [0.2, 0.25) is 5.15 Å². The largest absolute Gasteiger partial charge is 0.368 e. The molecule has 0 aliphatic heterocycles. The van der Waals surface area contributed by atoms with Gasteiger partial charge in [-0.1, -0.05) is 41.4 Å². The van der Waals surface area contributed by atoms with Crippen molar-refractivity contribution >= 4 is 29.5 Å². The quantitative estimate of drug-likeness (QED) is 0.774. The number of carbonyl (C=O) groups excluding carboxylic acids is 2. The van der Waals surface area contributed by atoms with Gasteiger partial charge < -0.3 is 11.1 Å². The Morgan fingerprint density at radius 1 is 1.32 bits per heavy atom. The van der Waals surface area contributed by atoms with Gasteiger partial charge in [0.25, 0.3) is 0 Å². The molecule has 0 radical (unpaired) electrons. The fourth-order valence-corrected chi connectivity index (χ4v) is 2.52. The molecule has 0 bridgehead atoms. The maximum Gasteiger partial charge on any atom is 0.244 e. The molecular formula is C18H21ClN4O2. The summed E-state index contributed by atoms with van der Waals surface area (Å²) in [5.74, 6) is -1.02. The topological polar surface area (TPSA) is 90.0 Å². The number of aryl methyl sites for hydroxylation is 2. The second-order valence-corrected chi connectivity index (χ2v) is 6.26. The Hall–Kier alpha value is -2.60. The van der Waals surface area contributed by atoms with Crippen molar-refractivity contribution in [1.29, 1.82) is 0 Å². The molecular weight excluding hydrogens is 340 g/mol. The number of carbonyl (C=O) groups is 2. The van der Waals surface area contributed by atoms with Crippen LogP contribution in [0.1, 0.15) is 29.3 Å². The minimum Gasteiger partial charge on any atom is -0.368 e. The lowest BCUT2D eigenvalue weighted by molar-refractivity contribution is -0.124. The number of nitrogens with two attached hydrogens (primary N) is 1. The summed E-state index contributed by atoms with van der Waals surface area (Å²) in [6.45, 7) is 5.91. The lowest BCUT2D eigenvalue weighted by atomic mass is 10.1. The van der Waals surface area contributed by atoms with Crippen LogP contribution < -0.4 is 11.1 Å². The predicted octanol–water partition coefficient (Wildman–Crippen LogP) is 2.20. The first-order valence-electron chi connectivity index (χ1n) is 7.84. The van der Waals surface area contributed by atoms with Gasteiger partial charge in [0.15, 0.2) is 0 Å². The van der Waals surface area contributed by atoms with E-state index in [9.17, 15) is 9.59 Å². The molecule has 1 unspecified atom stereocenters. The van der Waals surface area contributed by atoms with Gasteiger partial charge in [0.2, 0.25) is 11.8 Å². The van der Waals surface area contributed by atoms with Crippen molar-refractivity contribution in [3.8, 4) is 0 Å². The number of rotatable bonds is 6. The van der Waals surface area contributed by atoms with Crippen LogP contribution in [0, 0.1) is 13.8 Å². The van der Waals surface area contributed by atoms with Gasteiger partial charge in [-0.15, -0.1) is 0 Å². The zero-order valence-electron chi connectivity index (χ0n) is 14.4. The summed E-state index contributed by atoms with van der Waals surface area (Å²) in [4.78, 5) is 22.8. The van der Waals surface area contributed by atoms with E-state index in [0.717, 1.165) is 5.56 Å². The minimum absolute atomic E-state index is 0.423. The summed E-state index contributed by atoms with van der Waals surface area (Å²) in [5, 5.41) is 7.34. The molecule has 6 nitrogen and oxygen atoms in total. The van der Waals surface area contributed by atoms with Crippen molar-refractivity contribution in [1.82, 2.24) is 15.1 Å². The van der Waals surface area contributed by atoms with Crippen LogP contribution in [-0.4, -0.2) is 27.6 Å². The zero-order chi connectivity index (χ0) is 18.6. The first-order valence-corrected chi connectivity index (χ1v) is 8.22. The van der Waals surface area contributed by atoms with Crippen LogP contribution in [0.3, 0.4) is 0 Å². The van der Waals surface area contributed by atoms with Gasteiger partial charge >= 0.3 is 0 Å². The average Bonchev–Trinajstić information content (AvgIpc) is 2.81. The average molecular weight is 361 g/mol. The van der Waals surface area contributed by atoms with E-state index in [1.165, 1.54) is 18.6 Å². The third kappa shape index (κ3) is 4.93. The van der Waals surface area contributed by atoms with Crippen molar-refractivity contribution in [3.05, 3.63) is 57.9 Å². The molecule has 0 saturated heterocycles. The number of nitrogens with zero attached hydrogens (tertiary/aromatic N) is 2. The van der Waals surface area contributed by atoms with Crippen molar-refractivity contribution in [2.75, 3.05) is 0 Å². The molecule has 2 amide bonds. The first kappa shape index (κ1) is 18.7. The van der Waals surface area contributed by atoms with Crippen molar-refractivity contribution in [2.45, 2.75) is 33.4 Å². The second kappa shape index (κ2) is 7.98. The van der Waals surface area contributed by atoms with Crippen molar-refractivity contribution < 1.29 is 9.59 Å². The van der Waals surface area contributed by atoms with Crippen LogP contribution in [0.15, 0.2) is 30.3 Å².